The van der Waals surface area contributed by atoms with Gasteiger partial charge in [-0.25, -0.2) is 0 Å². The molecular weight excluding hydrogens is 348 g/mol. The Balaban J connectivity index is 1.33. The first-order valence-electron chi connectivity index (χ1n) is 9.79. The molecule has 5 nitrogen and oxygen atoms in total. The number of aryl methyl sites for hydroxylation is 1. The van der Waals surface area contributed by atoms with E-state index in [1.807, 2.05) is 30.3 Å². The minimum absolute atomic E-state index is 0.333. The van der Waals surface area contributed by atoms with Gasteiger partial charge in [0, 0.05) is 18.9 Å². The summed E-state index contributed by atoms with van der Waals surface area (Å²) in [5, 5.41) is 13.3. The molecule has 1 aliphatic heterocycles. The molecule has 5 heteroatoms. The molecule has 1 aliphatic rings. The molecule has 0 amide bonds. The Bertz CT molecular complexity index is 980. The molecule has 28 heavy (non-hydrogen) atoms. The van der Waals surface area contributed by atoms with E-state index < -0.39 is 0 Å². The number of benzene rings is 2. The van der Waals surface area contributed by atoms with Gasteiger partial charge in [0.05, 0.1) is 11.6 Å². The van der Waals surface area contributed by atoms with Crippen LogP contribution in [0.25, 0.3) is 0 Å². The summed E-state index contributed by atoms with van der Waals surface area (Å²) in [6.45, 7) is 4.98. The van der Waals surface area contributed by atoms with Gasteiger partial charge < -0.3 is 4.52 Å². The highest BCUT2D eigenvalue weighted by Crippen LogP contribution is 2.28. The SMILES string of the molecule is Cc1ccccc1Cc1noc(C2CCN(Cc3cccc(C#N)c3)CC2)n1. The second-order valence-electron chi connectivity index (χ2n) is 7.51. The molecule has 0 aliphatic carbocycles. The molecule has 1 aromatic heterocycles. The van der Waals surface area contributed by atoms with E-state index in [0.29, 0.717) is 12.3 Å². The quantitative estimate of drug-likeness (QED) is 0.671. The van der Waals surface area contributed by atoms with Crippen LogP contribution < -0.4 is 0 Å². The van der Waals surface area contributed by atoms with Gasteiger partial charge in [-0.3, -0.25) is 4.90 Å². The second-order valence-corrected chi connectivity index (χ2v) is 7.51. The first-order valence-corrected chi connectivity index (χ1v) is 9.79. The van der Waals surface area contributed by atoms with Gasteiger partial charge >= 0.3 is 0 Å². The Morgan fingerprint density at radius 2 is 1.96 bits per heavy atom. The summed E-state index contributed by atoms with van der Waals surface area (Å²) in [6, 6.07) is 18.4. The molecule has 0 bridgehead atoms. The van der Waals surface area contributed by atoms with Gasteiger partial charge in [0.15, 0.2) is 5.82 Å². The van der Waals surface area contributed by atoms with Crippen LogP contribution in [-0.2, 0) is 13.0 Å². The number of piperidine rings is 1. The lowest BCUT2D eigenvalue weighted by molar-refractivity contribution is 0.187. The minimum Gasteiger partial charge on any atom is -0.339 e. The van der Waals surface area contributed by atoms with E-state index in [1.54, 1.807) is 0 Å². The lowest BCUT2D eigenvalue weighted by Crippen LogP contribution is -2.32. The third-order valence-electron chi connectivity index (χ3n) is 5.49. The van der Waals surface area contributed by atoms with Crippen molar-refractivity contribution in [1.29, 1.82) is 5.26 Å². The summed E-state index contributed by atoms with van der Waals surface area (Å²) in [5.74, 6) is 1.87. The van der Waals surface area contributed by atoms with Crippen molar-refractivity contribution in [2.45, 2.75) is 38.6 Å². The summed E-state index contributed by atoms with van der Waals surface area (Å²) < 4.78 is 5.58. The first-order chi connectivity index (χ1) is 13.7. The van der Waals surface area contributed by atoms with E-state index in [0.717, 1.165) is 49.8 Å². The predicted molar refractivity (Wildman–Crippen MR) is 107 cm³/mol. The Morgan fingerprint density at radius 1 is 1.14 bits per heavy atom. The minimum atomic E-state index is 0.333. The van der Waals surface area contributed by atoms with Crippen LogP contribution in [0.5, 0.6) is 0 Å². The Kier molecular flexibility index (Phi) is 5.50. The number of likely N-dealkylation sites (tertiary alicyclic amines) is 1. The lowest BCUT2D eigenvalue weighted by atomic mass is 9.96. The highest BCUT2D eigenvalue weighted by molar-refractivity contribution is 5.32. The summed E-state index contributed by atoms with van der Waals surface area (Å²) in [6.07, 6.45) is 2.75. The van der Waals surface area contributed by atoms with Crippen LogP contribution in [0.2, 0.25) is 0 Å². The third-order valence-corrected chi connectivity index (χ3v) is 5.49. The van der Waals surface area contributed by atoms with Crippen LogP contribution in [0.3, 0.4) is 0 Å². The van der Waals surface area contributed by atoms with Crippen molar-refractivity contribution in [3.8, 4) is 6.07 Å². The largest absolute Gasteiger partial charge is 0.339 e. The number of nitriles is 1. The maximum Gasteiger partial charge on any atom is 0.229 e. The Hall–Kier alpha value is -2.97. The van der Waals surface area contributed by atoms with Crippen LogP contribution in [0, 0.1) is 18.3 Å². The van der Waals surface area contributed by atoms with E-state index >= 15 is 0 Å². The fourth-order valence-corrected chi connectivity index (χ4v) is 3.82. The van der Waals surface area contributed by atoms with E-state index in [9.17, 15) is 0 Å². The van der Waals surface area contributed by atoms with Crippen molar-refractivity contribution in [3.63, 3.8) is 0 Å². The summed E-state index contributed by atoms with van der Waals surface area (Å²) in [5.41, 5.74) is 4.40. The molecular formula is C23H24N4O. The second kappa shape index (κ2) is 8.37. The molecule has 2 heterocycles. The molecule has 0 radical (unpaired) electrons. The number of rotatable bonds is 5. The van der Waals surface area contributed by atoms with Gasteiger partial charge in [-0.2, -0.15) is 10.2 Å². The summed E-state index contributed by atoms with van der Waals surface area (Å²) in [7, 11) is 0. The van der Waals surface area contributed by atoms with Crippen LogP contribution in [-0.4, -0.2) is 28.1 Å². The zero-order valence-corrected chi connectivity index (χ0v) is 16.1. The topological polar surface area (TPSA) is 66.0 Å². The van der Waals surface area contributed by atoms with Gasteiger partial charge in [-0.1, -0.05) is 41.6 Å². The molecule has 1 fully saturated rings. The molecule has 4 rings (SSSR count). The van der Waals surface area contributed by atoms with E-state index in [2.05, 4.69) is 46.2 Å². The van der Waals surface area contributed by atoms with Gasteiger partial charge in [0.25, 0.3) is 0 Å². The Labute approximate surface area is 165 Å². The third kappa shape index (κ3) is 4.29. The number of nitrogens with zero attached hydrogens (tertiary/aromatic N) is 4. The number of aromatic nitrogens is 2. The van der Waals surface area contributed by atoms with Gasteiger partial charge in [-0.15, -0.1) is 0 Å². The molecule has 3 aromatic rings. The van der Waals surface area contributed by atoms with Crippen molar-refractivity contribution in [1.82, 2.24) is 15.0 Å². The fraction of sp³-hybridized carbons (Fsp3) is 0.348. The van der Waals surface area contributed by atoms with Crippen molar-refractivity contribution in [3.05, 3.63) is 82.5 Å². The molecule has 142 valence electrons. The normalized spacial score (nSPS) is 15.4. The summed E-state index contributed by atoms with van der Waals surface area (Å²) in [4.78, 5) is 7.10. The zero-order valence-electron chi connectivity index (χ0n) is 16.1. The van der Waals surface area contributed by atoms with E-state index in [1.165, 1.54) is 16.7 Å². The fourth-order valence-electron chi connectivity index (χ4n) is 3.82. The van der Waals surface area contributed by atoms with Gasteiger partial charge in [-0.05, 0) is 61.7 Å². The van der Waals surface area contributed by atoms with Gasteiger partial charge in [0.2, 0.25) is 5.89 Å². The molecule has 2 aromatic carbocycles. The van der Waals surface area contributed by atoms with Crippen molar-refractivity contribution in [2.75, 3.05) is 13.1 Å². The zero-order chi connectivity index (χ0) is 19.3. The van der Waals surface area contributed by atoms with Crippen LogP contribution in [0.1, 0.15) is 52.7 Å². The number of hydrogen-bond donors (Lipinski definition) is 0. The molecule has 0 unspecified atom stereocenters. The van der Waals surface area contributed by atoms with Crippen LogP contribution >= 0.6 is 0 Å². The summed E-state index contributed by atoms with van der Waals surface area (Å²) >= 11 is 0. The number of hydrogen-bond acceptors (Lipinski definition) is 5. The van der Waals surface area contributed by atoms with Crippen LogP contribution in [0.15, 0.2) is 53.1 Å². The molecule has 0 saturated carbocycles. The predicted octanol–water partition coefficient (Wildman–Crippen LogP) is 4.22. The van der Waals surface area contributed by atoms with E-state index in [-0.39, 0.29) is 0 Å². The highest BCUT2D eigenvalue weighted by Gasteiger charge is 2.25. The van der Waals surface area contributed by atoms with E-state index in [4.69, 9.17) is 9.78 Å². The smallest absolute Gasteiger partial charge is 0.229 e. The first kappa shape index (κ1) is 18.4. The molecule has 0 spiro atoms. The molecule has 0 atom stereocenters. The monoisotopic (exact) mass is 372 g/mol. The van der Waals surface area contributed by atoms with Crippen molar-refractivity contribution >= 4 is 0 Å². The average molecular weight is 372 g/mol. The van der Waals surface area contributed by atoms with Crippen LogP contribution in [0.4, 0.5) is 0 Å². The lowest BCUT2D eigenvalue weighted by Gasteiger charge is -2.30. The van der Waals surface area contributed by atoms with Crippen molar-refractivity contribution < 1.29 is 4.52 Å². The average Bonchev–Trinajstić information content (AvgIpc) is 3.19. The Morgan fingerprint density at radius 3 is 2.75 bits per heavy atom. The standard InChI is InChI=1S/C23H24N4O/c1-17-5-2-3-8-21(17)14-22-25-23(28-26-22)20-9-11-27(12-10-20)16-19-7-4-6-18(13-19)15-24/h2-8,13,20H,9-12,14,16H2,1H3. The molecule has 1 saturated heterocycles. The maximum atomic E-state index is 9.05. The maximum absolute atomic E-state index is 9.05. The molecule has 0 N–H and O–H groups in total. The highest BCUT2D eigenvalue weighted by atomic mass is 16.5. The van der Waals surface area contributed by atoms with Gasteiger partial charge in [0.1, 0.15) is 0 Å². The van der Waals surface area contributed by atoms with Crippen molar-refractivity contribution in [2.24, 2.45) is 0 Å².